The van der Waals surface area contributed by atoms with Crippen molar-refractivity contribution in [3.05, 3.63) is 124 Å². The van der Waals surface area contributed by atoms with E-state index in [0.29, 0.717) is 42.5 Å². The molecular weight excluding hydrogens is 685 g/mol. The van der Waals surface area contributed by atoms with Gasteiger partial charge in [-0.15, -0.1) is 0 Å². The monoisotopic (exact) mass is 736 g/mol. The number of fused-ring (bicyclic) bond motifs is 2. The molecule has 0 spiro atoms. The number of carbonyl (C=O) groups is 3. The number of benzene rings is 4. The molecule has 8 nitrogen and oxygen atoms in total. The molecule has 2 saturated heterocycles. The number of hydrogen-bond donors (Lipinski definition) is 1. The van der Waals surface area contributed by atoms with Gasteiger partial charge in [0.25, 0.3) is 5.91 Å². The number of aryl methyl sites for hydroxylation is 1. The normalized spacial score (nSPS) is 25.0. The molecule has 3 heterocycles. The number of amides is 1. The van der Waals surface area contributed by atoms with Crippen molar-refractivity contribution in [2.24, 2.45) is 5.92 Å². The minimum atomic E-state index is -0.904. The smallest absolute Gasteiger partial charge is 0.255 e. The molecule has 3 aliphatic heterocycles. The van der Waals surface area contributed by atoms with Crippen LogP contribution >= 0.6 is 0 Å². The fourth-order valence-corrected chi connectivity index (χ4v) is 10.3. The number of piperidine rings is 1. The molecule has 4 aromatic rings. The second-order valence-electron chi connectivity index (χ2n) is 16.9. The number of aromatic hydroxyl groups is 1. The SMILES string of the molecule is C[C@@]1(N2Cc3cc(N4CCN(CC5CCN(c6ccc([C@@H]7c8ccc(O)cc8CC[C@@H]7c7ccccc7)cc6)CC5)CC4)ccc3C2=O)CCC(=O)CC1=O. The fraction of sp³-hybridized carbons (Fsp3) is 0.426. The third-order valence-electron chi connectivity index (χ3n) is 13.6. The van der Waals surface area contributed by atoms with Gasteiger partial charge in [-0.1, -0.05) is 48.5 Å². The Morgan fingerprint density at radius 1 is 0.709 bits per heavy atom. The summed E-state index contributed by atoms with van der Waals surface area (Å²) in [5.41, 5.74) is 8.55. The Morgan fingerprint density at radius 3 is 2.18 bits per heavy atom. The maximum atomic E-state index is 13.4. The van der Waals surface area contributed by atoms with Gasteiger partial charge in [0.2, 0.25) is 0 Å². The van der Waals surface area contributed by atoms with Crippen LogP contribution in [0, 0.1) is 5.92 Å². The highest BCUT2D eigenvalue weighted by atomic mass is 16.3. The summed E-state index contributed by atoms with van der Waals surface area (Å²) in [6.45, 7) is 9.52. The highest BCUT2D eigenvalue weighted by Gasteiger charge is 2.48. The molecule has 4 aromatic carbocycles. The second-order valence-corrected chi connectivity index (χ2v) is 16.9. The Bertz CT molecular complexity index is 2080. The van der Waals surface area contributed by atoms with Gasteiger partial charge in [0, 0.05) is 81.6 Å². The van der Waals surface area contributed by atoms with Crippen molar-refractivity contribution in [2.45, 2.75) is 75.8 Å². The van der Waals surface area contributed by atoms with Crippen LogP contribution < -0.4 is 9.80 Å². The largest absolute Gasteiger partial charge is 0.508 e. The summed E-state index contributed by atoms with van der Waals surface area (Å²) in [6.07, 6.45) is 5.14. The predicted molar refractivity (Wildman–Crippen MR) is 216 cm³/mol. The van der Waals surface area contributed by atoms with Gasteiger partial charge in [-0.25, -0.2) is 0 Å². The molecule has 2 aliphatic carbocycles. The highest BCUT2D eigenvalue weighted by Crippen LogP contribution is 2.47. The van der Waals surface area contributed by atoms with Crippen LogP contribution in [0.25, 0.3) is 0 Å². The van der Waals surface area contributed by atoms with Gasteiger partial charge >= 0.3 is 0 Å². The van der Waals surface area contributed by atoms with E-state index in [1.54, 1.807) is 4.90 Å². The van der Waals surface area contributed by atoms with E-state index in [0.717, 1.165) is 69.9 Å². The van der Waals surface area contributed by atoms with E-state index in [4.69, 9.17) is 0 Å². The molecule has 9 rings (SSSR count). The van der Waals surface area contributed by atoms with Crippen LogP contribution in [0.1, 0.15) is 95.5 Å². The zero-order valence-corrected chi connectivity index (χ0v) is 32.0. The first-order valence-electron chi connectivity index (χ1n) is 20.4. The van der Waals surface area contributed by atoms with Gasteiger partial charge in [0.1, 0.15) is 17.1 Å². The van der Waals surface area contributed by atoms with Crippen LogP contribution in [0.5, 0.6) is 5.75 Å². The molecule has 3 fully saturated rings. The van der Waals surface area contributed by atoms with Gasteiger partial charge in [0.05, 0.1) is 6.42 Å². The van der Waals surface area contributed by atoms with Crippen LogP contribution in [-0.4, -0.2) is 83.7 Å². The molecule has 1 amide bonds. The Morgan fingerprint density at radius 2 is 1.44 bits per heavy atom. The van der Waals surface area contributed by atoms with E-state index in [1.807, 2.05) is 25.1 Å². The third-order valence-corrected chi connectivity index (χ3v) is 13.6. The van der Waals surface area contributed by atoms with Crippen molar-refractivity contribution >= 4 is 28.8 Å². The lowest BCUT2D eigenvalue weighted by atomic mass is 9.69. The van der Waals surface area contributed by atoms with Crippen molar-refractivity contribution in [1.82, 2.24) is 9.80 Å². The number of carbonyl (C=O) groups excluding carboxylic acids is 3. The van der Waals surface area contributed by atoms with Crippen molar-refractivity contribution in [3.8, 4) is 5.75 Å². The van der Waals surface area contributed by atoms with E-state index >= 15 is 0 Å². The standard InChI is InChI=1S/C47H52N4O4/c1-47(20-17-40(53)29-44(47)54)51-31-36-27-38(12-15-43(36)46(51)55)50-25-23-48(24-26-50)30-32-18-21-49(22-19-32)37-10-7-34(8-11-37)45-41(33-5-3-2-4-6-33)14-9-35-28-39(52)13-16-42(35)45/h2-8,10-13,15-16,27-28,32,41,45,52H,9,14,17-26,29-31H2,1H3/t41-,45+,47-/m1/s1. The second kappa shape index (κ2) is 14.6. The molecule has 8 heteroatoms. The van der Waals surface area contributed by atoms with Gasteiger partial charge in [-0.05, 0) is 121 Å². The molecule has 0 unspecified atom stereocenters. The van der Waals surface area contributed by atoms with E-state index < -0.39 is 5.54 Å². The predicted octanol–water partition coefficient (Wildman–Crippen LogP) is 7.33. The highest BCUT2D eigenvalue weighted by molar-refractivity contribution is 6.09. The summed E-state index contributed by atoms with van der Waals surface area (Å²) in [7, 11) is 0. The zero-order chi connectivity index (χ0) is 37.7. The van der Waals surface area contributed by atoms with Crippen LogP contribution in [0.2, 0.25) is 0 Å². The fourth-order valence-electron chi connectivity index (χ4n) is 10.3. The first-order valence-corrected chi connectivity index (χ1v) is 20.4. The van der Waals surface area contributed by atoms with Crippen molar-refractivity contribution in [1.29, 1.82) is 0 Å². The number of Topliss-reactive ketones (excluding diaryl/α,β-unsaturated/α-hetero) is 2. The van der Waals surface area contributed by atoms with E-state index in [9.17, 15) is 19.5 Å². The number of nitrogens with zero attached hydrogens (tertiary/aromatic N) is 4. The summed E-state index contributed by atoms with van der Waals surface area (Å²) < 4.78 is 0. The Hall–Kier alpha value is -4.95. The third kappa shape index (κ3) is 6.83. The summed E-state index contributed by atoms with van der Waals surface area (Å²) >= 11 is 0. The molecule has 0 aromatic heterocycles. The van der Waals surface area contributed by atoms with Crippen molar-refractivity contribution < 1.29 is 19.5 Å². The van der Waals surface area contributed by atoms with Gasteiger partial charge in [-0.3, -0.25) is 19.3 Å². The minimum Gasteiger partial charge on any atom is -0.508 e. The molecule has 284 valence electrons. The molecule has 1 saturated carbocycles. The molecule has 5 aliphatic rings. The lowest BCUT2D eigenvalue weighted by Crippen LogP contribution is -2.55. The average molecular weight is 737 g/mol. The maximum absolute atomic E-state index is 13.4. The maximum Gasteiger partial charge on any atom is 0.255 e. The van der Waals surface area contributed by atoms with E-state index in [1.165, 1.54) is 40.8 Å². The van der Waals surface area contributed by atoms with Gasteiger partial charge < -0.3 is 19.8 Å². The molecule has 1 N–H and O–H groups in total. The molecule has 3 atom stereocenters. The number of ketones is 2. The summed E-state index contributed by atoms with van der Waals surface area (Å²) in [6, 6.07) is 32.4. The Kier molecular flexibility index (Phi) is 9.49. The number of piperazine rings is 1. The average Bonchev–Trinajstić information content (AvgIpc) is 3.55. The minimum absolute atomic E-state index is 0.0248. The molecular formula is C47H52N4O4. The quantitative estimate of drug-likeness (QED) is 0.199. The molecule has 55 heavy (non-hydrogen) atoms. The topological polar surface area (TPSA) is 84.4 Å². The number of rotatable bonds is 7. The van der Waals surface area contributed by atoms with Crippen molar-refractivity contribution in [3.63, 3.8) is 0 Å². The van der Waals surface area contributed by atoms with Crippen LogP contribution in [-0.2, 0) is 22.6 Å². The number of phenols is 1. The van der Waals surface area contributed by atoms with Gasteiger partial charge in [0.15, 0.2) is 5.78 Å². The summed E-state index contributed by atoms with van der Waals surface area (Å²) in [5, 5.41) is 10.2. The first-order chi connectivity index (χ1) is 26.7. The molecule has 0 bridgehead atoms. The number of hydrogen-bond acceptors (Lipinski definition) is 7. The first kappa shape index (κ1) is 35.7. The van der Waals surface area contributed by atoms with Crippen molar-refractivity contribution in [2.75, 3.05) is 55.6 Å². The zero-order valence-electron chi connectivity index (χ0n) is 32.0. The van der Waals surface area contributed by atoms with E-state index in [-0.39, 0.29) is 29.8 Å². The van der Waals surface area contributed by atoms with Crippen LogP contribution in [0.15, 0.2) is 91.0 Å². The lowest BCUT2D eigenvalue weighted by molar-refractivity contribution is -0.138. The van der Waals surface area contributed by atoms with Crippen LogP contribution in [0.3, 0.4) is 0 Å². The van der Waals surface area contributed by atoms with Gasteiger partial charge in [-0.2, -0.15) is 0 Å². The Balaban J connectivity index is 0.784. The Labute approximate surface area is 324 Å². The summed E-state index contributed by atoms with van der Waals surface area (Å²) in [5.74, 6) is 1.46. The van der Waals surface area contributed by atoms with E-state index in [2.05, 4.69) is 87.5 Å². The molecule has 0 radical (unpaired) electrons. The van der Waals surface area contributed by atoms with Crippen LogP contribution in [0.4, 0.5) is 11.4 Å². The lowest BCUT2D eigenvalue weighted by Gasteiger charge is -2.40. The number of phenolic OH excluding ortho intramolecular Hbond substituents is 1. The number of anilines is 2. The summed E-state index contributed by atoms with van der Waals surface area (Å²) in [4.78, 5) is 47.5.